The third kappa shape index (κ3) is 2.83. The van der Waals surface area contributed by atoms with E-state index in [4.69, 9.17) is 14.2 Å². The number of aromatic nitrogens is 4. The molecule has 0 radical (unpaired) electrons. The summed E-state index contributed by atoms with van der Waals surface area (Å²) in [6, 6.07) is 5.52. The number of carbonyl (C=O) groups is 1. The van der Waals surface area contributed by atoms with Gasteiger partial charge in [0.15, 0.2) is 17.3 Å². The fourth-order valence-electron chi connectivity index (χ4n) is 3.58. The Hall–Kier alpha value is -2.84. The van der Waals surface area contributed by atoms with E-state index in [9.17, 15) is 4.79 Å². The van der Waals surface area contributed by atoms with Crippen LogP contribution in [0.1, 0.15) is 38.4 Å². The van der Waals surface area contributed by atoms with Crippen molar-refractivity contribution in [1.82, 2.24) is 25.5 Å². The molecule has 2 heterocycles. The highest BCUT2D eigenvalue weighted by Crippen LogP contribution is 2.40. The van der Waals surface area contributed by atoms with Gasteiger partial charge < -0.3 is 19.5 Å². The lowest BCUT2D eigenvalue weighted by Gasteiger charge is -2.38. The van der Waals surface area contributed by atoms with Gasteiger partial charge in [0.25, 0.3) is 0 Å². The second kappa shape index (κ2) is 6.47. The van der Waals surface area contributed by atoms with Crippen molar-refractivity contribution < 1.29 is 19.0 Å². The summed E-state index contributed by atoms with van der Waals surface area (Å²) in [7, 11) is 1.36. The highest BCUT2D eigenvalue weighted by Gasteiger charge is 2.42. The standard InChI is InChI=1S/C17H21N5O4/c1-11-5-7-17(8-6-11,18-16(23)24-2)15-19-20-21-22(15)12-3-4-13-14(9-12)26-10-25-13/h3-4,9,11H,5-8,10H2,1-2H3,(H,18,23). The maximum absolute atomic E-state index is 12.0. The Bertz CT molecular complexity index is 813. The van der Waals surface area contributed by atoms with Gasteiger partial charge in [-0.05, 0) is 54.2 Å². The Morgan fingerprint density at radius 2 is 2.08 bits per heavy atom. The summed E-state index contributed by atoms with van der Waals surface area (Å²) < 4.78 is 17.3. The Labute approximate surface area is 150 Å². The molecule has 1 amide bonds. The molecule has 1 saturated carbocycles. The Morgan fingerprint density at radius 3 is 2.85 bits per heavy atom. The lowest BCUT2D eigenvalue weighted by Crippen LogP contribution is -2.49. The molecule has 9 heteroatoms. The van der Waals surface area contributed by atoms with E-state index in [1.807, 2.05) is 18.2 Å². The second-order valence-electron chi connectivity index (χ2n) is 6.83. The van der Waals surface area contributed by atoms with E-state index in [0.29, 0.717) is 23.2 Å². The van der Waals surface area contributed by atoms with Gasteiger partial charge in [0, 0.05) is 6.07 Å². The summed E-state index contributed by atoms with van der Waals surface area (Å²) in [5.74, 6) is 2.53. The van der Waals surface area contributed by atoms with Gasteiger partial charge in [-0.3, -0.25) is 0 Å². The number of nitrogens with zero attached hydrogens (tertiary/aromatic N) is 4. The van der Waals surface area contributed by atoms with Gasteiger partial charge in [-0.2, -0.15) is 4.68 Å². The molecule has 2 aromatic rings. The minimum absolute atomic E-state index is 0.201. The molecular weight excluding hydrogens is 338 g/mol. The van der Waals surface area contributed by atoms with Gasteiger partial charge in [0.2, 0.25) is 6.79 Å². The van der Waals surface area contributed by atoms with E-state index in [-0.39, 0.29) is 6.79 Å². The Morgan fingerprint density at radius 1 is 1.31 bits per heavy atom. The zero-order chi connectivity index (χ0) is 18.1. The summed E-state index contributed by atoms with van der Waals surface area (Å²) in [6.07, 6.45) is 2.94. The van der Waals surface area contributed by atoms with Crippen molar-refractivity contribution in [3.8, 4) is 17.2 Å². The molecule has 0 saturated heterocycles. The molecule has 0 atom stereocenters. The molecule has 138 valence electrons. The highest BCUT2D eigenvalue weighted by atomic mass is 16.7. The van der Waals surface area contributed by atoms with Crippen LogP contribution in [0, 0.1) is 5.92 Å². The van der Waals surface area contributed by atoms with Crippen molar-refractivity contribution in [2.24, 2.45) is 5.92 Å². The van der Waals surface area contributed by atoms with Crippen molar-refractivity contribution in [3.05, 3.63) is 24.0 Å². The van der Waals surface area contributed by atoms with Crippen molar-refractivity contribution >= 4 is 6.09 Å². The largest absolute Gasteiger partial charge is 0.454 e. The molecule has 1 aromatic carbocycles. The van der Waals surface area contributed by atoms with Crippen LogP contribution >= 0.6 is 0 Å². The molecule has 1 aliphatic heterocycles. The molecule has 4 rings (SSSR count). The van der Waals surface area contributed by atoms with E-state index in [1.54, 1.807) is 4.68 Å². The lowest BCUT2D eigenvalue weighted by atomic mass is 9.76. The van der Waals surface area contributed by atoms with Crippen LogP contribution in [0.5, 0.6) is 11.5 Å². The number of carbonyl (C=O) groups excluding carboxylic acids is 1. The number of nitrogens with one attached hydrogen (secondary N) is 1. The zero-order valence-corrected chi connectivity index (χ0v) is 14.8. The molecule has 1 fully saturated rings. The van der Waals surface area contributed by atoms with Gasteiger partial charge in [0.1, 0.15) is 5.54 Å². The fourth-order valence-corrected chi connectivity index (χ4v) is 3.58. The first-order valence-electron chi connectivity index (χ1n) is 8.66. The molecule has 1 N–H and O–H groups in total. The van der Waals surface area contributed by atoms with E-state index in [0.717, 1.165) is 31.4 Å². The van der Waals surface area contributed by atoms with Crippen LogP contribution < -0.4 is 14.8 Å². The molecule has 2 aliphatic rings. The first kappa shape index (κ1) is 16.6. The topological polar surface area (TPSA) is 100 Å². The summed E-state index contributed by atoms with van der Waals surface area (Å²) in [5, 5.41) is 15.3. The number of amides is 1. The quantitative estimate of drug-likeness (QED) is 0.896. The minimum atomic E-state index is -0.667. The molecular formula is C17H21N5O4. The Balaban J connectivity index is 1.74. The van der Waals surface area contributed by atoms with Gasteiger partial charge in [0.05, 0.1) is 12.8 Å². The molecule has 1 aromatic heterocycles. The van der Waals surface area contributed by atoms with Crippen molar-refractivity contribution in [1.29, 1.82) is 0 Å². The molecule has 0 spiro atoms. The molecule has 26 heavy (non-hydrogen) atoms. The average Bonchev–Trinajstić information content (AvgIpc) is 3.32. The molecule has 0 bridgehead atoms. The van der Waals surface area contributed by atoms with Gasteiger partial charge in [-0.25, -0.2) is 4.79 Å². The van der Waals surface area contributed by atoms with Gasteiger partial charge in [-0.1, -0.05) is 6.92 Å². The Kier molecular flexibility index (Phi) is 4.14. The summed E-state index contributed by atoms with van der Waals surface area (Å²) in [6.45, 7) is 2.41. The van der Waals surface area contributed by atoms with Gasteiger partial charge in [-0.15, -0.1) is 5.10 Å². The number of hydrogen-bond donors (Lipinski definition) is 1. The second-order valence-corrected chi connectivity index (χ2v) is 6.83. The van der Waals surface area contributed by atoms with E-state index in [1.165, 1.54) is 7.11 Å². The van der Waals surface area contributed by atoms with E-state index >= 15 is 0 Å². The zero-order valence-electron chi connectivity index (χ0n) is 14.8. The monoisotopic (exact) mass is 359 g/mol. The first-order chi connectivity index (χ1) is 12.6. The van der Waals surface area contributed by atoms with Crippen LogP contribution in [0.2, 0.25) is 0 Å². The maximum atomic E-state index is 12.0. The van der Waals surface area contributed by atoms with E-state index in [2.05, 4.69) is 27.8 Å². The maximum Gasteiger partial charge on any atom is 0.407 e. The smallest absolute Gasteiger partial charge is 0.407 e. The highest BCUT2D eigenvalue weighted by molar-refractivity contribution is 5.68. The summed E-state index contributed by atoms with van der Waals surface area (Å²) >= 11 is 0. The molecule has 1 aliphatic carbocycles. The summed E-state index contributed by atoms with van der Waals surface area (Å²) in [5.41, 5.74) is 0.0818. The van der Waals surface area contributed by atoms with Crippen LogP contribution in [0.25, 0.3) is 5.69 Å². The third-order valence-electron chi connectivity index (χ3n) is 5.15. The number of methoxy groups -OCH3 is 1. The number of tetrazole rings is 1. The van der Waals surface area contributed by atoms with Gasteiger partial charge >= 0.3 is 6.09 Å². The van der Waals surface area contributed by atoms with Crippen LogP contribution in [-0.2, 0) is 10.3 Å². The minimum Gasteiger partial charge on any atom is -0.454 e. The number of fused-ring (bicyclic) bond motifs is 1. The predicted molar refractivity (Wildman–Crippen MR) is 90.1 cm³/mol. The number of ether oxygens (including phenoxy) is 3. The normalized spacial score (nSPS) is 24.3. The van der Waals surface area contributed by atoms with Crippen LogP contribution in [0.4, 0.5) is 4.79 Å². The number of alkyl carbamates (subject to hydrolysis) is 1. The third-order valence-corrected chi connectivity index (χ3v) is 5.15. The van der Waals surface area contributed by atoms with Crippen LogP contribution in [0.15, 0.2) is 18.2 Å². The van der Waals surface area contributed by atoms with Crippen molar-refractivity contribution in [2.45, 2.75) is 38.1 Å². The number of hydrogen-bond acceptors (Lipinski definition) is 7. The summed E-state index contributed by atoms with van der Waals surface area (Å²) in [4.78, 5) is 12.0. The predicted octanol–water partition coefficient (Wildman–Crippen LogP) is 2.15. The first-order valence-corrected chi connectivity index (χ1v) is 8.66. The van der Waals surface area contributed by atoms with E-state index < -0.39 is 11.6 Å². The number of rotatable bonds is 3. The SMILES string of the molecule is COC(=O)NC1(c2nnnn2-c2ccc3c(c2)OCO3)CCC(C)CC1. The molecule has 0 unspecified atom stereocenters. The fraction of sp³-hybridized carbons (Fsp3) is 0.529. The van der Waals surface area contributed by atoms with Crippen molar-refractivity contribution in [3.63, 3.8) is 0 Å². The van der Waals surface area contributed by atoms with Crippen LogP contribution in [-0.4, -0.2) is 40.2 Å². The molecule has 9 nitrogen and oxygen atoms in total. The number of benzene rings is 1. The van der Waals surface area contributed by atoms with Crippen molar-refractivity contribution in [2.75, 3.05) is 13.9 Å². The van der Waals surface area contributed by atoms with Crippen LogP contribution in [0.3, 0.4) is 0 Å². The average molecular weight is 359 g/mol. The lowest BCUT2D eigenvalue weighted by molar-refractivity contribution is 0.130.